The Bertz CT molecular complexity index is 569. The summed E-state index contributed by atoms with van der Waals surface area (Å²) in [5.74, 6) is -0.448. The first-order chi connectivity index (χ1) is 8.75. The molecule has 1 heterocycles. The van der Waals surface area contributed by atoms with Crippen LogP contribution < -0.4 is 5.73 Å². The lowest BCUT2D eigenvalue weighted by atomic mass is 10.3. The Hall–Kier alpha value is -1.09. The van der Waals surface area contributed by atoms with E-state index in [0.717, 1.165) is 10.4 Å². The average molecular weight is 327 g/mol. The summed E-state index contributed by atoms with van der Waals surface area (Å²) in [5.41, 5.74) is 5.53. The van der Waals surface area contributed by atoms with E-state index in [1.165, 1.54) is 21.1 Å². The zero-order valence-electron chi connectivity index (χ0n) is 11.7. The van der Waals surface area contributed by atoms with Gasteiger partial charge in [0.2, 0.25) is 5.09 Å². The number of ether oxygens (including phenoxy) is 1. The fourth-order valence-electron chi connectivity index (χ4n) is 1.42. The first-order valence-corrected chi connectivity index (χ1v) is 7.06. The number of methoxy groups -OCH3 is 1. The number of halogens is 1. The van der Waals surface area contributed by atoms with Gasteiger partial charge in [-0.25, -0.2) is 13.2 Å². The monoisotopic (exact) mass is 326 g/mol. The van der Waals surface area contributed by atoms with Crippen LogP contribution in [0.1, 0.15) is 23.0 Å². The molecular formula is C11H19ClN2O5S. The zero-order valence-corrected chi connectivity index (χ0v) is 13.4. The van der Waals surface area contributed by atoms with Crippen molar-refractivity contribution in [1.29, 1.82) is 0 Å². The molecule has 116 valence electrons. The van der Waals surface area contributed by atoms with Crippen molar-refractivity contribution >= 4 is 28.4 Å². The third-order valence-electron chi connectivity index (χ3n) is 2.90. The number of sulfonamides is 1. The van der Waals surface area contributed by atoms with Crippen LogP contribution in [0.5, 0.6) is 0 Å². The topological polar surface area (TPSA) is 103 Å². The lowest BCUT2D eigenvalue weighted by molar-refractivity contribution is 0.0599. The molecule has 0 aliphatic rings. The third-order valence-corrected chi connectivity index (χ3v) is 4.72. The number of carbonyl (C=O) groups excluding carboxylic acids is 1. The summed E-state index contributed by atoms with van der Waals surface area (Å²) in [4.78, 5) is 11.4. The van der Waals surface area contributed by atoms with E-state index < -0.39 is 16.0 Å². The first kappa shape index (κ1) is 18.9. The summed E-state index contributed by atoms with van der Waals surface area (Å²) in [6.07, 6.45) is 0. The summed E-state index contributed by atoms with van der Waals surface area (Å²) in [6.45, 7) is 3.35. The molecule has 1 aromatic rings. The Morgan fingerprint density at radius 2 is 2.10 bits per heavy atom. The molecule has 20 heavy (non-hydrogen) atoms. The number of esters is 1. The third kappa shape index (κ3) is 3.51. The number of aryl methyl sites for hydroxylation is 1. The highest BCUT2D eigenvalue weighted by atomic mass is 35.5. The fraction of sp³-hybridized carbons (Fsp3) is 0.545. The fourth-order valence-corrected chi connectivity index (χ4v) is 2.76. The second-order valence-corrected chi connectivity index (χ2v) is 6.06. The van der Waals surface area contributed by atoms with Gasteiger partial charge in [0.1, 0.15) is 11.3 Å². The van der Waals surface area contributed by atoms with Crippen molar-refractivity contribution in [3.8, 4) is 0 Å². The van der Waals surface area contributed by atoms with Gasteiger partial charge in [-0.2, -0.15) is 4.31 Å². The molecule has 0 aliphatic heterocycles. The highest BCUT2D eigenvalue weighted by Crippen LogP contribution is 2.23. The Morgan fingerprint density at radius 1 is 1.55 bits per heavy atom. The van der Waals surface area contributed by atoms with E-state index >= 15 is 0 Å². The van der Waals surface area contributed by atoms with Crippen LogP contribution in [0, 0.1) is 6.92 Å². The van der Waals surface area contributed by atoms with Crippen LogP contribution in [-0.2, 0) is 14.8 Å². The van der Waals surface area contributed by atoms with Crippen LogP contribution in [0.15, 0.2) is 15.6 Å². The van der Waals surface area contributed by atoms with Crippen LogP contribution in [0.2, 0.25) is 0 Å². The molecule has 1 unspecified atom stereocenters. The van der Waals surface area contributed by atoms with E-state index in [-0.39, 0.29) is 41.4 Å². The molecular weight excluding hydrogens is 308 g/mol. The molecule has 0 aromatic carbocycles. The first-order valence-electron chi connectivity index (χ1n) is 5.62. The molecule has 2 N–H and O–H groups in total. The number of hydrogen-bond donors (Lipinski definition) is 1. The lowest BCUT2D eigenvalue weighted by Gasteiger charge is -2.21. The van der Waals surface area contributed by atoms with Gasteiger partial charge in [-0.15, -0.1) is 12.4 Å². The van der Waals surface area contributed by atoms with E-state index in [4.69, 9.17) is 10.2 Å². The highest BCUT2D eigenvalue weighted by molar-refractivity contribution is 7.89. The van der Waals surface area contributed by atoms with Crippen LogP contribution in [0.4, 0.5) is 0 Å². The van der Waals surface area contributed by atoms with Crippen LogP contribution in [0.3, 0.4) is 0 Å². The van der Waals surface area contributed by atoms with E-state index in [1.54, 1.807) is 6.92 Å². The predicted molar refractivity (Wildman–Crippen MR) is 75.5 cm³/mol. The largest absolute Gasteiger partial charge is 0.465 e. The summed E-state index contributed by atoms with van der Waals surface area (Å²) >= 11 is 0. The minimum Gasteiger partial charge on any atom is -0.465 e. The Morgan fingerprint density at radius 3 is 2.55 bits per heavy atom. The molecule has 0 aliphatic carbocycles. The maximum Gasteiger partial charge on any atom is 0.341 e. The number of rotatable bonds is 5. The minimum atomic E-state index is -3.81. The van der Waals surface area contributed by atoms with Crippen LogP contribution in [0.25, 0.3) is 0 Å². The molecule has 0 saturated carbocycles. The molecule has 0 spiro atoms. The highest BCUT2D eigenvalue weighted by Gasteiger charge is 2.30. The SMILES string of the molecule is COC(=O)c1cc(S(=O)(=O)N(C)C(C)CN)oc1C.Cl. The van der Waals surface area contributed by atoms with Gasteiger partial charge < -0.3 is 14.9 Å². The summed E-state index contributed by atoms with van der Waals surface area (Å²) in [6, 6.07) is 0.785. The average Bonchev–Trinajstić information content (AvgIpc) is 2.78. The number of nitrogens with two attached hydrogens (primary N) is 1. The second kappa shape index (κ2) is 7.07. The van der Waals surface area contributed by atoms with Crippen LogP contribution in [-0.4, -0.2) is 45.4 Å². The normalized spacial score (nSPS) is 12.9. The Kier molecular flexibility index (Phi) is 6.69. The van der Waals surface area contributed by atoms with Crippen molar-refractivity contribution in [3.05, 3.63) is 17.4 Å². The Balaban J connectivity index is 0.00000361. The van der Waals surface area contributed by atoms with E-state index in [1.807, 2.05) is 0 Å². The maximum atomic E-state index is 12.2. The molecule has 1 atom stereocenters. The maximum absolute atomic E-state index is 12.2. The second-order valence-electron chi connectivity index (χ2n) is 4.13. The van der Waals surface area contributed by atoms with Crippen molar-refractivity contribution < 1.29 is 22.4 Å². The van der Waals surface area contributed by atoms with E-state index in [9.17, 15) is 13.2 Å². The van der Waals surface area contributed by atoms with Gasteiger partial charge in [0.15, 0.2) is 0 Å². The minimum absolute atomic E-state index is 0. The predicted octanol–water partition coefficient (Wildman–Crippen LogP) is 0.764. The molecule has 1 aromatic heterocycles. The van der Waals surface area contributed by atoms with Crippen molar-refractivity contribution in [2.24, 2.45) is 5.73 Å². The number of likely N-dealkylation sites (N-methyl/N-ethyl adjacent to an activating group) is 1. The van der Waals surface area contributed by atoms with Gasteiger partial charge in [0.25, 0.3) is 10.0 Å². The molecule has 7 nitrogen and oxygen atoms in total. The molecule has 9 heteroatoms. The van der Waals surface area contributed by atoms with Gasteiger partial charge in [0, 0.05) is 25.7 Å². The summed E-state index contributed by atoms with van der Waals surface area (Å²) in [5, 5.41) is -0.298. The van der Waals surface area contributed by atoms with Gasteiger partial charge in [0.05, 0.1) is 7.11 Å². The van der Waals surface area contributed by atoms with Gasteiger partial charge in [-0.3, -0.25) is 0 Å². The number of carbonyl (C=O) groups is 1. The lowest BCUT2D eigenvalue weighted by Crippen LogP contribution is -2.39. The van der Waals surface area contributed by atoms with Crippen molar-refractivity contribution in [1.82, 2.24) is 4.31 Å². The molecule has 1 rings (SSSR count). The molecule has 0 bridgehead atoms. The van der Waals surface area contributed by atoms with Crippen LogP contribution >= 0.6 is 12.4 Å². The Labute approximate surface area is 124 Å². The molecule has 0 fully saturated rings. The smallest absolute Gasteiger partial charge is 0.341 e. The molecule has 0 amide bonds. The van der Waals surface area contributed by atoms with Gasteiger partial charge in [-0.1, -0.05) is 0 Å². The summed E-state index contributed by atoms with van der Waals surface area (Å²) in [7, 11) is -1.20. The number of nitrogens with zero attached hydrogens (tertiary/aromatic N) is 1. The molecule has 0 saturated heterocycles. The van der Waals surface area contributed by atoms with Crippen molar-refractivity contribution in [3.63, 3.8) is 0 Å². The number of furan rings is 1. The van der Waals surface area contributed by atoms with Crippen molar-refractivity contribution in [2.45, 2.75) is 25.0 Å². The number of hydrogen-bond acceptors (Lipinski definition) is 6. The standard InChI is InChI=1S/C11H18N2O5S.ClH/c1-7(6-12)13(3)19(15,16)10-5-9(8(2)18-10)11(14)17-4;/h5,7H,6,12H2,1-4H3;1H. The molecule has 0 radical (unpaired) electrons. The summed E-state index contributed by atoms with van der Waals surface area (Å²) < 4.78 is 35.3. The van der Waals surface area contributed by atoms with E-state index in [0.29, 0.717) is 0 Å². The van der Waals surface area contributed by atoms with E-state index in [2.05, 4.69) is 4.74 Å². The van der Waals surface area contributed by atoms with Gasteiger partial charge >= 0.3 is 5.97 Å². The quantitative estimate of drug-likeness (QED) is 0.801. The van der Waals surface area contributed by atoms with Gasteiger partial charge in [-0.05, 0) is 13.8 Å². The zero-order chi connectivity index (χ0) is 14.8. The van der Waals surface area contributed by atoms with Crippen molar-refractivity contribution in [2.75, 3.05) is 20.7 Å².